The molecule has 0 unspecified atom stereocenters. The van der Waals surface area contributed by atoms with Crippen LogP contribution >= 0.6 is 0 Å². The first-order chi connectivity index (χ1) is 6.24. The normalized spacial score (nSPS) is 11.3. The van der Waals surface area contributed by atoms with Gasteiger partial charge in [0.25, 0.3) is 0 Å². The zero-order valence-corrected chi connectivity index (χ0v) is 8.22. The fourth-order valence-electron chi connectivity index (χ4n) is 0.623. The second kappa shape index (κ2) is 7.39. The SMILES string of the molecule is CC1=CCC=C1.O=[C]=[Mn](=[C]=O)=[C]=O. The van der Waals surface area contributed by atoms with E-state index in [4.69, 9.17) is 0 Å². The van der Waals surface area contributed by atoms with Crippen LogP contribution in [0.5, 0.6) is 0 Å². The summed E-state index contributed by atoms with van der Waals surface area (Å²) in [6.07, 6.45) is 7.65. The van der Waals surface area contributed by atoms with E-state index in [0.29, 0.717) is 0 Å². The summed E-state index contributed by atoms with van der Waals surface area (Å²) in [7, 11) is 0. The first-order valence-corrected chi connectivity index (χ1v) is 5.18. The van der Waals surface area contributed by atoms with Gasteiger partial charge in [0.05, 0.1) is 0 Å². The minimum absolute atomic E-state index is 1.14. The molecule has 0 aromatic carbocycles. The van der Waals surface area contributed by atoms with Gasteiger partial charge in [-0.15, -0.1) is 0 Å². The molecule has 0 atom stereocenters. The molecule has 0 spiro atoms. The van der Waals surface area contributed by atoms with Gasteiger partial charge in [-0.1, -0.05) is 23.8 Å². The molecule has 1 aliphatic carbocycles. The molecule has 0 bridgehead atoms. The van der Waals surface area contributed by atoms with Gasteiger partial charge in [-0.2, -0.15) is 0 Å². The zero-order valence-electron chi connectivity index (χ0n) is 7.04. The Labute approximate surface area is 78.9 Å². The molecule has 0 amide bonds. The molecule has 4 heteroatoms. The molecule has 0 aliphatic heterocycles. The Balaban J connectivity index is 0.000000223. The van der Waals surface area contributed by atoms with E-state index in [0.717, 1.165) is 6.42 Å². The van der Waals surface area contributed by atoms with Crippen LogP contribution in [0.3, 0.4) is 0 Å². The monoisotopic (exact) mass is 219 g/mol. The van der Waals surface area contributed by atoms with Gasteiger partial charge in [0.1, 0.15) is 0 Å². The summed E-state index contributed by atoms with van der Waals surface area (Å²) in [6.45, 7) is 2.11. The Morgan fingerprint density at radius 1 is 1.23 bits per heavy atom. The van der Waals surface area contributed by atoms with E-state index in [-0.39, 0.29) is 0 Å². The third-order valence-corrected chi connectivity index (χ3v) is 1.91. The van der Waals surface area contributed by atoms with Gasteiger partial charge in [-0.05, 0) is 13.3 Å². The molecule has 3 nitrogen and oxygen atoms in total. The van der Waals surface area contributed by atoms with E-state index in [2.05, 4.69) is 25.2 Å². The first kappa shape index (κ1) is 11.7. The second-order valence-corrected chi connectivity index (χ2v) is 3.71. The number of allylic oxidation sites excluding steroid dienone is 4. The van der Waals surface area contributed by atoms with E-state index in [1.54, 1.807) is 0 Å². The molecule has 0 saturated heterocycles. The van der Waals surface area contributed by atoms with E-state index in [9.17, 15) is 14.4 Å². The summed E-state index contributed by atoms with van der Waals surface area (Å²) in [5.41, 5.74) is 1.40. The van der Waals surface area contributed by atoms with Crippen molar-refractivity contribution in [3.63, 3.8) is 0 Å². The summed E-state index contributed by atoms with van der Waals surface area (Å²) in [4.78, 5) is 31.7. The third-order valence-electron chi connectivity index (χ3n) is 1.19. The van der Waals surface area contributed by atoms with Crippen molar-refractivity contribution in [2.24, 2.45) is 0 Å². The summed E-state index contributed by atoms with van der Waals surface area (Å²) in [5, 5.41) is 0. The molecule has 0 fully saturated rings. The van der Waals surface area contributed by atoms with Gasteiger partial charge in [-0.3, -0.25) is 0 Å². The van der Waals surface area contributed by atoms with Crippen LogP contribution in [0.15, 0.2) is 23.8 Å². The van der Waals surface area contributed by atoms with Crippen molar-refractivity contribution >= 4 is 14.4 Å². The van der Waals surface area contributed by atoms with Crippen LogP contribution in [0.25, 0.3) is 0 Å². The van der Waals surface area contributed by atoms with Gasteiger partial charge in [-0.25, -0.2) is 0 Å². The third kappa shape index (κ3) is 5.95. The van der Waals surface area contributed by atoms with Crippen LogP contribution in [0.4, 0.5) is 0 Å². The average Bonchev–Trinajstić information content (AvgIpc) is 2.60. The van der Waals surface area contributed by atoms with Crippen LogP contribution in [-0.4, -0.2) is 14.4 Å². The maximum absolute atomic E-state index is 9.36. The summed E-state index contributed by atoms with van der Waals surface area (Å²) >= 11 is -2.30. The van der Waals surface area contributed by atoms with Crippen molar-refractivity contribution in [1.29, 1.82) is 0 Å². The van der Waals surface area contributed by atoms with Crippen molar-refractivity contribution in [2.75, 3.05) is 0 Å². The molecule has 0 radical (unpaired) electrons. The first-order valence-electron chi connectivity index (χ1n) is 3.41. The van der Waals surface area contributed by atoms with Gasteiger partial charge in [0, 0.05) is 0 Å². The minimum atomic E-state index is -2.30. The van der Waals surface area contributed by atoms with Crippen molar-refractivity contribution in [2.45, 2.75) is 13.3 Å². The van der Waals surface area contributed by atoms with Gasteiger partial charge < -0.3 is 0 Å². The molecule has 0 aromatic rings. The summed E-state index contributed by atoms with van der Waals surface area (Å²) in [6, 6.07) is 0. The molecule has 0 N–H and O–H groups in total. The fraction of sp³-hybridized carbons (Fsp3) is 0.222. The maximum atomic E-state index is 9.36. The topological polar surface area (TPSA) is 51.2 Å². The number of carbonyl (C=O) groups excluding carboxylic acids is 3. The Morgan fingerprint density at radius 3 is 1.85 bits per heavy atom. The van der Waals surface area contributed by atoms with E-state index < -0.39 is 12.6 Å². The van der Waals surface area contributed by atoms with Crippen LogP contribution in [0, 0.1) is 0 Å². The zero-order chi connectivity index (χ0) is 10.1. The van der Waals surface area contributed by atoms with Gasteiger partial charge in [0.15, 0.2) is 0 Å². The Kier molecular flexibility index (Phi) is 6.68. The van der Waals surface area contributed by atoms with Crippen LogP contribution in [0.2, 0.25) is 0 Å². The number of hydrogen-bond donors (Lipinski definition) is 0. The standard InChI is InChI=1S/C6H8.3CO.Mn/c1-6-4-2-3-5-6;3*1-2;/h2,4-5H,3H2,1H3;;;;. The quantitative estimate of drug-likeness (QED) is 0.563. The average molecular weight is 219 g/mol. The van der Waals surface area contributed by atoms with E-state index in [1.165, 1.54) is 19.9 Å². The van der Waals surface area contributed by atoms with Gasteiger partial charge in [0.2, 0.25) is 0 Å². The summed E-state index contributed by atoms with van der Waals surface area (Å²) < 4.78 is 0. The van der Waals surface area contributed by atoms with Crippen LogP contribution in [0.1, 0.15) is 13.3 Å². The Hall–Kier alpha value is -1.26. The number of hydrogen-bond acceptors (Lipinski definition) is 3. The van der Waals surface area contributed by atoms with Crippen molar-refractivity contribution in [3.05, 3.63) is 23.8 Å². The van der Waals surface area contributed by atoms with Gasteiger partial charge >= 0.3 is 41.3 Å². The number of rotatable bonds is 0. The predicted molar refractivity (Wildman–Crippen MR) is 44.6 cm³/mol. The second-order valence-electron chi connectivity index (χ2n) is 2.10. The van der Waals surface area contributed by atoms with Crippen LogP contribution < -0.4 is 0 Å². The summed E-state index contributed by atoms with van der Waals surface area (Å²) in [5.74, 6) is 0. The van der Waals surface area contributed by atoms with E-state index in [1.807, 2.05) is 0 Å². The van der Waals surface area contributed by atoms with Crippen molar-refractivity contribution < 1.29 is 27.0 Å². The molecule has 1 aliphatic rings. The molecular formula is C9H8MnO3. The Morgan fingerprint density at radius 2 is 1.77 bits per heavy atom. The molecular weight excluding hydrogens is 211 g/mol. The molecule has 0 heterocycles. The molecule has 1 rings (SSSR count). The predicted octanol–water partition coefficient (Wildman–Crippen LogP) is 0.699. The van der Waals surface area contributed by atoms with E-state index >= 15 is 0 Å². The van der Waals surface area contributed by atoms with Crippen molar-refractivity contribution in [1.82, 2.24) is 0 Å². The molecule has 0 saturated carbocycles. The molecule has 0 aromatic heterocycles. The van der Waals surface area contributed by atoms with Crippen LogP contribution in [-0.2, 0) is 27.0 Å². The molecule has 69 valence electrons. The van der Waals surface area contributed by atoms with Crippen molar-refractivity contribution in [3.8, 4) is 0 Å². The Bertz CT molecular complexity index is 387. The molecule has 13 heavy (non-hydrogen) atoms. The fourth-order valence-corrected chi connectivity index (χ4v) is 0.771.